The molecule has 1 aromatic carbocycles. The van der Waals surface area contributed by atoms with Gasteiger partial charge in [0, 0.05) is 32.1 Å². The Morgan fingerprint density at radius 3 is 2.38 bits per heavy atom. The highest BCUT2D eigenvalue weighted by Crippen LogP contribution is 2.33. The van der Waals surface area contributed by atoms with Gasteiger partial charge in [-0.2, -0.15) is 0 Å². The Bertz CT molecular complexity index is 668. The number of likely N-dealkylation sites (tertiary alicyclic amines) is 2. The van der Waals surface area contributed by atoms with Crippen molar-refractivity contribution in [2.75, 3.05) is 33.3 Å². The SMILES string of the molecule is COc1ccc(C(C(=O)O)N2CCC(C(=O)N3CCCC3)CC2)cc1Cl. The Labute approximate surface area is 158 Å². The predicted octanol–water partition coefficient (Wildman–Crippen LogP) is 2.81. The first-order valence-electron chi connectivity index (χ1n) is 9.10. The Hall–Kier alpha value is -1.79. The molecule has 0 aliphatic carbocycles. The van der Waals surface area contributed by atoms with E-state index in [1.54, 1.807) is 18.2 Å². The Morgan fingerprint density at radius 1 is 1.19 bits per heavy atom. The van der Waals surface area contributed by atoms with Crippen molar-refractivity contribution >= 4 is 23.5 Å². The number of hydrogen-bond donors (Lipinski definition) is 1. The highest BCUT2D eigenvalue weighted by atomic mass is 35.5. The van der Waals surface area contributed by atoms with Crippen molar-refractivity contribution < 1.29 is 19.4 Å². The van der Waals surface area contributed by atoms with E-state index in [0.29, 0.717) is 42.3 Å². The molecule has 2 saturated heterocycles. The van der Waals surface area contributed by atoms with Crippen molar-refractivity contribution in [1.82, 2.24) is 9.80 Å². The van der Waals surface area contributed by atoms with Gasteiger partial charge in [-0.3, -0.25) is 14.5 Å². The lowest BCUT2D eigenvalue weighted by Gasteiger charge is -2.36. The van der Waals surface area contributed by atoms with Crippen LogP contribution in [-0.2, 0) is 9.59 Å². The third kappa shape index (κ3) is 3.96. The molecule has 142 valence electrons. The topological polar surface area (TPSA) is 70.1 Å². The van der Waals surface area contributed by atoms with Crippen LogP contribution in [0.3, 0.4) is 0 Å². The molecule has 0 spiro atoms. The number of aliphatic carboxylic acids is 1. The number of amides is 1. The van der Waals surface area contributed by atoms with Gasteiger partial charge in [-0.1, -0.05) is 17.7 Å². The summed E-state index contributed by atoms with van der Waals surface area (Å²) in [6.45, 7) is 2.90. The van der Waals surface area contributed by atoms with Gasteiger partial charge in [-0.25, -0.2) is 0 Å². The zero-order chi connectivity index (χ0) is 18.7. The fourth-order valence-electron chi connectivity index (χ4n) is 3.96. The quantitative estimate of drug-likeness (QED) is 0.850. The van der Waals surface area contributed by atoms with Gasteiger partial charge in [-0.15, -0.1) is 0 Å². The highest BCUT2D eigenvalue weighted by molar-refractivity contribution is 6.32. The number of hydrogen-bond acceptors (Lipinski definition) is 4. The number of carbonyl (C=O) groups excluding carboxylic acids is 1. The summed E-state index contributed by atoms with van der Waals surface area (Å²) in [5.74, 6) is -0.134. The molecule has 2 heterocycles. The molecule has 0 radical (unpaired) electrons. The first-order valence-corrected chi connectivity index (χ1v) is 9.48. The predicted molar refractivity (Wildman–Crippen MR) is 98.5 cm³/mol. The maximum atomic E-state index is 12.6. The average molecular weight is 381 g/mol. The Kier molecular flexibility index (Phi) is 6.04. The van der Waals surface area contributed by atoms with Gasteiger partial charge in [0.15, 0.2) is 0 Å². The molecule has 0 saturated carbocycles. The van der Waals surface area contributed by atoms with Crippen molar-refractivity contribution in [3.8, 4) is 5.75 Å². The van der Waals surface area contributed by atoms with E-state index < -0.39 is 12.0 Å². The summed E-state index contributed by atoms with van der Waals surface area (Å²) in [6.07, 6.45) is 3.57. The molecule has 3 rings (SSSR count). The second-order valence-electron chi connectivity index (χ2n) is 6.98. The minimum Gasteiger partial charge on any atom is -0.495 e. The summed E-state index contributed by atoms with van der Waals surface area (Å²) in [7, 11) is 1.53. The van der Waals surface area contributed by atoms with E-state index in [9.17, 15) is 14.7 Å². The zero-order valence-electron chi connectivity index (χ0n) is 15.0. The monoisotopic (exact) mass is 380 g/mol. The van der Waals surface area contributed by atoms with Crippen LogP contribution in [0.1, 0.15) is 37.3 Å². The van der Waals surface area contributed by atoms with E-state index in [2.05, 4.69) is 0 Å². The third-order valence-corrected chi connectivity index (χ3v) is 5.68. The van der Waals surface area contributed by atoms with Gasteiger partial charge >= 0.3 is 5.97 Å². The van der Waals surface area contributed by atoms with Gasteiger partial charge in [0.25, 0.3) is 0 Å². The molecule has 1 atom stereocenters. The van der Waals surface area contributed by atoms with E-state index in [-0.39, 0.29) is 11.8 Å². The van der Waals surface area contributed by atoms with Crippen LogP contribution in [0, 0.1) is 5.92 Å². The molecule has 0 aromatic heterocycles. The lowest BCUT2D eigenvalue weighted by molar-refractivity contribution is -0.144. The highest BCUT2D eigenvalue weighted by Gasteiger charge is 2.35. The third-order valence-electron chi connectivity index (χ3n) is 5.39. The Morgan fingerprint density at radius 2 is 1.85 bits per heavy atom. The summed E-state index contributed by atoms with van der Waals surface area (Å²) >= 11 is 6.17. The van der Waals surface area contributed by atoms with Gasteiger partial charge in [0.2, 0.25) is 5.91 Å². The average Bonchev–Trinajstić information content (AvgIpc) is 3.16. The van der Waals surface area contributed by atoms with Crippen molar-refractivity contribution in [1.29, 1.82) is 0 Å². The van der Waals surface area contributed by atoms with E-state index >= 15 is 0 Å². The first kappa shape index (κ1) is 19.0. The van der Waals surface area contributed by atoms with Gasteiger partial charge in [-0.05, 0) is 43.4 Å². The number of methoxy groups -OCH3 is 1. The molecule has 2 fully saturated rings. The number of carboxylic acid groups (broad SMARTS) is 1. The number of benzene rings is 1. The van der Waals surface area contributed by atoms with Crippen LogP contribution in [0.15, 0.2) is 18.2 Å². The standard InChI is InChI=1S/C19H25ClN2O4/c1-26-16-5-4-14(12-15(16)20)17(19(24)25)21-10-6-13(7-11-21)18(23)22-8-2-3-9-22/h4-5,12-13,17H,2-3,6-11H2,1H3,(H,24,25). The fraction of sp³-hybridized carbons (Fsp3) is 0.579. The lowest BCUT2D eigenvalue weighted by atomic mass is 9.93. The van der Waals surface area contributed by atoms with Crippen molar-refractivity contribution in [3.63, 3.8) is 0 Å². The van der Waals surface area contributed by atoms with Gasteiger partial charge in [0.1, 0.15) is 11.8 Å². The van der Waals surface area contributed by atoms with Crippen LogP contribution in [0.25, 0.3) is 0 Å². The van der Waals surface area contributed by atoms with Gasteiger partial charge < -0.3 is 14.7 Å². The first-order chi connectivity index (χ1) is 12.5. The minimum absolute atomic E-state index is 0.0123. The number of piperidine rings is 1. The van der Waals surface area contributed by atoms with Crippen LogP contribution in [0.4, 0.5) is 0 Å². The lowest BCUT2D eigenvalue weighted by Crippen LogP contribution is -2.44. The number of rotatable bonds is 5. The summed E-state index contributed by atoms with van der Waals surface area (Å²) < 4.78 is 5.14. The largest absolute Gasteiger partial charge is 0.495 e. The van der Waals surface area contributed by atoms with Crippen molar-refractivity contribution in [3.05, 3.63) is 28.8 Å². The maximum absolute atomic E-state index is 12.6. The molecule has 2 aliphatic rings. The normalized spacial score (nSPS) is 20.2. The van der Waals surface area contributed by atoms with E-state index in [4.69, 9.17) is 16.3 Å². The molecule has 2 aliphatic heterocycles. The fourth-order valence-corrected chi connectivity index (χ4v) is 4.23. The van der Waals surface area contributed by atoms with E-state index in [1.807, 2.05) is 9.80 Å². The molecule has 1 N–H and O–H groups in total. The Balaban J connectivity index is 1.68. The number of carboxylic acids is 1. The number of nitrogens with zero attached hydrogens (tertiary/aromatic N) is 2. The summed E-state index contributed by atoms with van der Waals surface area (Å²) in [5, 5.41) is 10.2. The maximum Gasteiger partial charge on any atom is 0.325 e. The van der Waals surface area contributed by atoms with E-state index in [0.717, 1.165) is 25.9 Å². The van der Waals surface area contributed by atoms with E-state index in [1.165, 1.54) is 7.11 Å². The molecule has 1 unspecified atom stereocenters. The second kappa shape index (κ2) is 8.27. The van der Waals surface area contributed by atoms with Crippen LogP contribution in [-0.4, -0.2) is 60.1 Å². The number of carbonyl (C=O) groups is 2. The molecule has 26 heavy (non-hydrogen) atoms. The summed E-state index contributed by atoms with van der Waals surface area (Å²) in [4.78, 5) is 28.3. The number of halogens is 1. The van der Waals surface area contributed by atoms with Crippen LogP contribution in [0.5, 0.6) is 5.75 Å². The molecule has 7 heteroatoms. The van der Waals surface area contributed by atoms with Crippen molar-refractivity contribution in [2.24, 2.45) is 5.92 Å². The molecule has 6 nitrogen and oxygen atoms in total. The molecule has 0 bridgehead atoms. The van der Waals surface area contributed by atoms with Crippen LogP contribution >= 0.6 is 11.6 Å². The van der Waals surface area contributed by atoms with Crippen LogP contribution in [0.2, 0.25) is 5.02 Å². The summed E-state index contributed by atoms with van der Waals surface area (Å²) in [6, 6.07) is 4.32. The summed E-state index contributed by atoms with van der Waals surface area (Å²) in [5.41, 5.74) is 0.632. The van der Waals surface area contributed by atoms with Gasteiger partial charge in [0.05, 0.1) is 12.1 Å². The second-order valence-corrected chi connectivity index (χ2v) is 7.38. The minimum atomic E-state index is -0.907. The smallest absolute Gasteiger partial charge is 0.325 e. The molecular formula is C19H25ClN2O4. The molecular weight excluding hydrogens is 356 g/mol. The zero-order valence-corrected chi connectivity index (χ0v) is 15.7. The molecule has 1 aromatic rings. The van der Waals surface area contributed by atoms with Crippen molar-refractivity contribution in [2.45, 2.75) is 31.7 Å². The van der Waals surface area contributed by atoms with Crippen LogP contribution < -0.4 is 4.74 Å². The molecule has 1 amide bonds. The number of ether oxygens (including phenoxy) is 1.